The van der Waals surface area contributed by atoms with E-state index in [1.165, 1.54) is 4.88 Å². The number of rotatable bonds is 5. The molecule has 0 saturated heterocycles. The van der Waals surface area contributed by atoms with Crippen LogP contribution in [0.5, 0.6) is 11.5 Å². The number of hydrogen-bond donors (Lipinski definition) is 1. The molecule has 136 valence electrons. The summed E-state index contributed by atoms with van der Waals surface area (Å²) in [6.07, 6.45) is 1.89. The van der Waals surface area contributed by atoms with E-state index < -0.39 is 0 Å². The maximum Gasteiger partial charge on any atom is 0.231 e. The van der Waals surface area contributed by atoms with Gasteiger partial charge in [-0.15, -0.1) is 35.3 Å². The minimum absolute atomic E-state index is 0. The van der Waals surface area contributed by atoms with E-state index in [-0.39, 0.29) is 24.0 Å². The molecule has 0 spiro atoms. The Kier molecular flexibility index (Phi) is 7.30. The highest BCUT2D eigenvalue weighted by molar-refractivity contribution is 14.0. The fraction of sp³-hybridized carbons (Fsp3) is 0.412. The molecule has 0 aliphatic carbocycles. The Hall–Kier alpha value is -1.55. The summed E-state index contributed by atoms with van der Waals surface area (Å²) < 4.78 is 10.8. The summed E-state index contributed by atoms with van der Waals surface area (Å²) in [5.41, 5.74) is 1.15. The van der Waals surface area contributed by atoms with Gasteiger partial charge in [-0.1, -0.05) is 6.07 Å². The van der Waals surface area contributed by atoms with Crippen molar-refractivity contribution in [3.05, 3.63) is 39.8 Å². The minimum Gasteiger partial charge on any atom is -0.454 e. The zero-order valence-electron chi connectivity index (χ0n) is 14.6. The van der Waals surface area contributed by atoms with Crippen LogP contribution in [0.2, 0.25) is 0 Å². The van der Waals surface area contributed by atoms with Gasteiger partial charge in [-0.05, 0) is 31.5 Å². The number of benzene rings is 1. The zero-order chi connectivity index (χ0) is 16.9. The van der Waals surface area contributed by atoms with Crippen molar-refractivity contribution in [1.29, 1.82) is 0 Å². The molecule has 0 fully saturated rings. The van der Waals surface area contributed by atoms with E-state index in [2.05, 4.69) is 40.1 Å². The second-order valence-corrected chi connectivity index (χ2v) is 6.90. The number of thiazole rings is 1. The van der Waals surface area contributed by atoms with Crippen molar-refractivity contribution in [2.75, 3.05) is 20.4 Å². The van der Waals surface area contributed by atoms with E-state index in [4.69, 9.17) is 9.47 Å². The van der Waals surface area contributed by atoms with Gasteiger partial charge in [0.1, 0.15) is 5.01 Å². The van der Waals surface area contributed by atoms with Crippen molar-refractivity contribution < 1.29 is 9.47 Å². The third-order valence-electron chi connectivity index (χ3n) is 3.59. The largest absolute Gasteiger partial charge is 0.454 e. The Morgan fingerprint density at radius 1 is 1.36 bits per heavy atom. The van der Waals surface area contributed by atoms with Crippen LogP contribution in [0, 0.1) is 6.92 Å². The van der Waals surface area contributed by atoms with Crippen LogP contribution in [0.25, 0.3) is 0 Å². The van der Waals surface area contributed by atoms with Crippen LogP contribution >= 0.6 is 35.3 Å². The summed E-state index contributed by atoms with van der Waals surface area (Å²) >= 11 is 1.68. The first kappa shape index (κ1) is 19.8. The fourth-order valence-electron chi connectivity index (χ4n) is 2.47. The number of hydrogen-bond acceptors (Lipinski definition) is 5. The number of fused-ring (bicyclic) bond motifs is 1. The molecule has 1 aliphatic heterocycles. The lowest BCUT2D eigenvalue weighted by molar-refractivity contribution is 0.174. The summed E-state index contributed by atoms with van der Waals surface area (Å²) in [5, 5.41) is 4.36. The maximum atomic E-state index is 5.44. The van der Waals surface area contributed by atoms with Gasteiger partial charge in [0.25, 0.3) is 0 Å². The minimum atomic E-state index is 0. The summed E-state index contributed by atoms with van der Waals surface area (Å²) in [4.78, 5) is 12.4. The SMILES string of the molecule is CCNC(=NCc1ncc(C)s1)N(C)Cc1ccc2c(c1)OCO2.I. The van der Waals surface area contributed by atoms with Crippen molar-refractivity contribution >= 4 is 41.3 Å². The zero-order valence-corrected chi connectivity index (χ0v) is 17.8. The lowest BCUT2D eigenvalue weighted by Gasteiger charge is -2.22. The first-order chi connectivity index (χ1) is 11.7. The highest BCUT2D eigenvalue weighted by Crippen LogP contribution is 2.32. The average molecular weight is 474 g/mol. The standard InChI is InChI=1S/C17H22N4O2S.HI/c1-4-18-17(20-9-16-19-8-12(2)24-16)21(3)10-13-5-6-14-15(7-13)23-11-22-14;/h5-8H,4,9-11H2,1-3H3,(H,18,20);1H. The van der Waals surface area contributed by atoms with E-state index in [1.54, 1.807) is 11.3 Å². The number of guanidine groups is 1. The topological polar surface area (TPSA) is 59.0 Å². The third-order valence-corrected chi connectivity index (χ3v) is 4.48. The number of halogens is 1. The summed E-state index contributed by atoms with van der Waals surface area (Å²) in [7, 11) is 2.03. The van der Waals surface area contributed by atoms with E-state index in [0.717, 1.165) is 41.1 Å². The van der Waals surface area contributed by atoms with Crippen LogP contribution in [0.3, 0.4) is 0 Å². The molecule has 3 rings (SSSR count). The predicted octanol–water partition coefficient (Wildman–Crippen LogP) is 3.40. The van der Waals surface area contributed by atoms with Crippen molar-refractivity contribution in [1.82, 2.24) is 15.2 Å². The highest BCUT2D eigenvalue weighted by atomic mass is 127. The van der Waals surface area contributed by atoms with Gasteiger partial charge in [0.2, 0.25) is 6.79 Å². The molecule has 2 heterocycles. The summed E-state index contributed by atoms with van der Waals surface area (Å²) in [6.45, 7) is 6.57. The van der Waals surface area contributed by atoms with E-state index in [1.807, 2.05) is 25.4 Å². The Balaban J connectivity index is 0.00000225. The Morgan fingerprint density at radius 2 is 2.16 bits per heavy atom. The summed E-state index contributed by atoms with van der Waals surface area (Å²) in [6, 6.07) is 6.03. The average Bonchev–Trinajstić information content (AvgIpc) is 3.19. The number of aliphatic imine (C=N–C) groups is 1. The molecule has 0 radical (unpaired) electrons. The van der Waals surface area contributed by atoms with Crippen LogP contribution in [0.1, 0.15) is 22.4 Å². The van der Waals surface area contributed by atoms with Crippen molar-refractivity contribution in [2.45, 2.75) is 26.9 Å². The van der Waals surface area contributed by atoms with Crippen LogP contribution in [0.4, 0.5) is 0 Å². The van der Waals surface area contributed by atoms with Gasteiger partial charge in [0.05, 0.1) is 6.54 Å². The Labute approximate surface area is 169 Å². The van der Waals surface area contributed by atoms with Crippen LogP contribution in [-0.4, -0.2) is 36.2 Å². The Bertz CT molecular complexity index is 735. The van der Waals surface area contributed by atoms with Gasteiger partial charge < -0.3 is 19.7 Å². The van der Waals surface area contributed by atoms with Crippen molar-refractivity contribution in [3.63, 3.8) is 0 Å². The Morgan fingerprint density at radius 3 is 2.88 bits per heavy atom. The first-order valence-electron chi connectivity index (χ1n) is 7.95. The second kappa shape index (κ2) is 9.23. The summed E-state index contributed by atoms with van der Waals surface area (Å²) in [5.74, 6) is 2.48. The number of ether oxygens (including phenoxy) is 2. The molecule has 1 aromatic carbocycles. The first-order valence-corrected chi connectivity index (χ1v) is 8.76. The van der Waals surface area contributed by atoms with E-state index >= 15 is 0 Å². The van der Waals surface area contributed by atoms with Gasteiger partial charge >= 0.3 is 0 Å². The third kappa shape index (κ3) is 5.21. The normalized spacial score (nSPS) is 12.7. The molecule has 1 aromatic heterocycles. The maximum absolute atomic E-state index is 5.44. The number of nitrogens with one attached hydrogen (secondary N) is 1. The molecule has 0 bridgehead atoms. The van der Waals surface area contributed by atoms with Gasteiger partial charge in [0, 0.05) is 31.2 Å². The molecule has 1 aliphatic rings. The lowest BCUT2D eigenvalue weighted by Crippen LogP contribution is -2.38. The van der Waals surface area contributed by atoms with Gasteiger partial charge in [-0.25, -0.2) is 9.98 Å². The monoisotopic (exact) mass is 474 g/mol. The molecule has 6 nitrogen and oxygen atoms in total. The van der Waals surface area contributed by atoms with Gasteiger partial charge in [0.15, 0.2) is 17.5 Å². The van der Waals surface area contributed by atoms with E-state index in [9.17, 15) is 0 Å². The number of nitrogens with zero attached hydrogens (tertiary/aromatic N) is 3. The lowest BCUT2D eigenvalue weighted by atomic mass is 10.2. The van der Waals surface area contributed by atoms with Crippen molar-refractivity contribution in [2.24, 2.45) is 4.99 Å². The molecule has 0 saturated carbocycles. The smallest absolute Gasteiger partial charge is 0.231 e. The number of aromatic nitrogens is 1. The molecule has 25 heavy (non-hydrogen) atoms. The molecule has 0 atom stereocenters. The molecular formula is C17H23IN4O2S. The molecule has 8 heteroatoms. The fourth-order valence-corrected chi connectivity index (χ4v) is 3.19. The van der Waals surface area contributed by atoms with Crippen LogP contribution in [-0.2, 0) is 13.1 Å². The van der Waals surface area contributed by atoms with Crippen LogP contribution in [0.15, 0.2) is 29.4 Å². The quantitative estimate of drug-likeness (QED) is 0.409. The van der Waals surface area contributed by atoms with Crippen LogP contribution < -0.4 is 14.8 Å². The molecular weight excluding hydrogens is 451 g/mol. The molecule has 0 amide bonds. The van der Waals surface area contributed by atoms with E-state index in [0.29, 0.717) is 13.3 Å². The molecule has 1 N–H and O–H groups in total. The van der Waals surface area contributed by atoms with Gasteiger partial charge in [-0.3, -0.25) is 0 Å². The number of aryl methyl sites for hydroxylation is 1. The van der Waals surface area contributed by atoms with Gasteiger partial charge in [-0.2, -0.15) is 0 Å². The second-order valence-electron chi connectivity index (χ2n) is 5.58. The molecule has 2 aromatic rings. The predicted molar refractivity (Wildman–Crippen MR) is 111 cm³/mol. The molecule has 0 unspecified atom stereocenters. The van der Waals surface area contributed by atoms with Crippen molar-refractivity contribution in [3.8, 4) is 11.5 Å². The highest BCUT2D eigenvalue weighted by Gasteiger charge is 2.14.